The highest BCUT2D eigenvalue weighted by molar-refractivity contribution is 5.96. The van der Waals surface area contributed by atoms with Gasteiger partial charge in [-0.05, 0) is 68.0 Å². The Labute approximate surface area is 170 Å². The normalized spacial score (nSPS) is 26.1. The highest BCUT2D eigenvalue weighted by atomic mass is 19.1. The van der Waals surface area contributed by atoms with E-state index in [1.807, 2.05) is 30.0 Å². The summed E-state index contributed by atoms with van der Waals surface area (Å²) in [4.78, 5) is 15.0. The second-order valence-corrected chi connectivity index (χ2v) is 8.01. The summed E-state index contributed by atoms with van der Waals surface area (Å²) < 4.78 is 24.4. The lowest BCUT2D eigenvalue weighted by Crippen LogP contribution is -2.42. The zero-order valence-corrected chi connectivity index (χ0v) is 16.7. The summed E-state index contributed by atoms with van der Waals surface area (Å²) in [6, 6.07) is 11.4. The SMILES string of the molecule is COc1cccc(C(=O)N2C[C@H]3C[C@@H](Oc4ccc(F)cc4)[C@H](O)C[C@H]3C2)c1C. The number of carbonyl (C=O) groups is 1. The lowest BCUT2D eigenvalue weighted by Gasteiger charge is -2.35. The predicted octanol–water partition coefficient (Wildman–Crippen LogP) is 3.43. The Bertz CT molecular complexity index is 885. The molecule has 1 saturated carbocycles. The van der Waals surface area contributed by atoms with Gasteiger partial charge in [-0.15, -0.1) is 0 Å². The summed E-state index contributed by atoms with van der Waals surface area (Å²) in [6.45, 7) is 3.18. The molecule has 0 unspecified atom stereocenters. The molecule has 5 nitrogen and oxygen atoms in total. The van der Waals surface area contributed by atoms with Crippen molar-refractivity contribution in [2.45, 2.75) is 32.0 Å². The average molecular weight is 399 g/mol. The van der Waals surface area contributed by atoms with Crippen molar-refractivity contribution in [3.63, 3.8) is 0 Å². The number of amides is 1. The summed E-state index contributed by atoms with van der Waals surface area (Å²) in [5.74, 6) is 1.47. The molecular weight excluding hydrogens is 373 g/mol. The standard InChI is InChI=1S/C23H26FNO4/c1-14-19(4-3-5-21(14)28-2)23(27)25-12-15-10-20(26)22(11-16(15)13-25)29-18-8-6-17(24)7-9-18/h3-9,15-16,20,22,26H,10-13H2,1-2H3/t15-,16+,20+,22+/m0/s1. The number of carbonyl (C=O) groups excluding carboxylic acids is 1. The van der Waals surface area contributed by atoms with E-state index in [4.69, 9.17) is 9.47 Å². The van der Waals surface area contributed by atoms with Crippen LogP contribution in [0.3, 0.4) is 0 Å². The van der Waals surface area contributed by atoms with Gasteiger partial charge in [-0.2, -0.15) is 0 Å². The van der Waals surface area contributed by atoms with E-state index in [9.17, 15) is 14.3 Å². The summed E-state index contributed by atoms with van der Waals surface area (Å²) in [5, 5.41) is 10.6. The number of rotatable bonds is 4. The molecule has 0 aromatic heterocycles. The lowest BCUT2D eigenvalue weighted by molar-refractivity contribution is -0.0231. The summed E-state index contributed by atoms with van der Waals surface area (Å²) in [7, 11) is 1.60. The van der Waals surface area contributed by atoms with Gasteiger partial charge >= 0.3 is 0 Å². The number of halogens is 1. The van der Waals surface area contributed by atoms with Crippen LogP contribution in [0.25, 0.3) is 0 Å². The molecule has 1 amide bonds. The summed E-state index contributed by atoms with van der Waals surface area (Å²) in [6.07, 6.45) is 0.312. The fraction of sp³-hybridized carbons (Fsp3) is 0.435. The van der Waals surface area contributed by atoms with Crippen LogP contribution in [0.5, 0.6) is 11.5 Å². The molecule has 154 valence electrons. The van der Waals surface area contributed by atoms with Crippen LogP contribution in [0.1, 0.15) is 28.8 Å². The van der Waals surface area contributed by atoms with E-state index in [2.05, 4.69) is 0 Å². The van der Waals surface area contributed by atoms with Gasteiger partial charge in [0.2, 0.25) is 0 Å². The average Bonchev–Trinajstić information content (AvgIpc) is 3.12. The minimum Gasteiger partial charge on any atom is -0.496 e. The number of benzene rings is 2. The van der Waals surface area contributed by atoms with Crippen molar-refractivity contribution in [1.29, 1.82) is 0 Å². The second-order valence-electron chi connectivity index (χ2n) is 8.01. The van der Waals surface area contributed by atoms with Gasteiger partial charge in [0.1, 0.15) is 23.4 Å². The number of hydrogen-bond donors (Lipinski definition) is 1. The number of fused-ring (bicyclic) bond motifs is 1. The fourth-order valence-corrected chi connectivity index (χ4v) is 4.61. The third-order valence-corrected chi connectivity index (χ3v) is 6.21. The van der Waals surface area contributed by atoms with Crippen LogP contribution >= 0.6 is 0 Å². The second kappa shape index (κ2) is 8.03. The van der Waals surface area contributed by atoms with E-state index in [1.54, 1.807) is 19.2 Å². The zero-order valence-electron chi connectivity index (χ0n) is 16.7. The quantitative estimate of drug-likeness (QED) is 0.856. The number of aliphatic hydroxyl groups is 1. The molecular formula is C23H26FNO4. The van der Waals surface area contributed by atoms with E-state index < -0.39 is 6.10 Å². The molecule has 1 aliphatic carbocycles. The maximum Gasteiger partial charge on any atom is 0.254 e. The monoisotopic (exact) mass is 399 g/mol. The molecule has 0 radical (unpaired) electrons. The number of methoxy groups -OCH3 is 1. The van der Waals surface area contributed by atoms with Gasteiger partial charge in [0.15, 0.2) is 0 Å². The van der Waals surface area contributed by atoms with Crippen LogP contribution in [-0.2, 0) is 0 Å². The molecule has 6 heteroatoms. The first-order chi connectivity index (χ1) is 14.0. The summed E-state index contributed by atoms with van der Waals surface area (Å²) in [5.41, 5.74) is 1.50. The Balaban J connectivity index is 1.44. The van der Waals surface area contributed by atoms with Gasteiger partial charge in [0.25, 0.3) is 5.91 Å². The number of hydrogen-bond acceptors (Lipinski definition) is 4. The molecule has 0 bridgehead atoms. The van der Waals surface area contributed by atoms with Crippen LogP contribution in [0.2, 0.25) is 0 Å². The molecule has 2 aliphatic rings. The van der Waals surface area contributed by atoms with Crippen LogP contribution in [0.15, 0.2) is 42.5 Å². The first-order valence-electron chi connectivity index (χ1n) is 9.99. The van der Waals surface area contributed by atoms with E-state index in [1.165, 1.54) is 12.1 Å². The van der Waals surface area contributed by atoms with Gasteiger partial charge in [0, 0.05) is 24.2 Å². The van der Waals surface area contributed by atoms with Gasteiger partial charge < -0.3 is 19.5 Å². The molecule has 1 heterocycles. The molecule has 0 spiro atoms. The number of aliphatic hydroxyl groups excluding tert-OH is 1. The molecule has 2 aromatic carbocycles. The molecule has 4 rings (SSSR count). The topological polar surface area (TPSA) is 59.0 Å². The van der Waals surface area contributed by atoms with Crippen molar-refractivity contribution in [3.05, 3.63) is 59.4 Å². The van der Waals surface area contributed by atoms with Crippen molar-refractivity contribution in [2.75, 3.05) is 20.2 Å². The van der Waals surface area contributed by atoms with Crippen molar-refractivity contribution < 1.29 is 23.8 Å². The largest absolute Gasteiger partial charge is 0.496 e. The van der Waals surface area contributed by atoms with E-state index >= 15 is 0 Å². The Hall–Kier alpha value is -2.60. The van der Waals surface area contributed by atoms with Crippen molar-refractivity contribution in [1.82, 2.24) is 4.90 Å². The van der Waals surface area contributed by atoms with Crippen LogP contribution in [0.4, 0.5) is 4.39 Å². The minimum absolute atomic E-state index is 0.00120. The van der Waals surface area contributed by atoms with E-state index in [-0.39, 0.29) is 29.7 Å². The molecule has 2 fully saturated rings. The Morgan fingerprint density at radius 1 is 1.10 bits per heavy atom. The van der Waals surface area contributed by atoms with Crippen LogP contribution < -0.4 is 9.47 Å². The van der Waals surface area contributed by atoms with Crippen LogP contribution in [0, 0.1) is 24.6 Å². The first kappa shape index (κ1) is 19.7. The number of likely N-dealkylation sites (tertiary alicyclic amines) is 1. The van der Waals surface area contributed by atoms with Gasteiger partial charge in [-0.1, -0.05) is 6.07 Å². The van der Waals surface area contributed by atoms with Crippen molar-refractivity contribution in [3.8, 4) is 11.5 Å². The Morgan fingerprint density at radius 3 is 2.48 bits per heavy atom. The molecule has 29 heavy (non-hydrogen) atoms. The molecule has 1 N–H and O–H groups in total. The maximum absolute atomic E-state index is 13.1. The molecule has 4 atom stereocenters. The first-order valence-corrected chi connectivity index (χ1v) is 9.99. The number of nitrogens with zero attached hydrogens (tertiary/aromatic N) is 1. The smallest absolute Gasteiger partial charge is 0.254 e. The highest BCUT2D eigenvalue weighted by Gasteiger charge is 2.44. The van der Waals surface area contributed by atoms with Gasteiger partial charge in [0.05, 0.1) is 13.2 Å². The lowest BCUT2D eigenvalue weighted by atomic mass is 9.78. The molecule has 1 saturated heterocycles. The minimum atomic E-state index is -0.602. The van der Waals surface area contributed by atoms with Crippen molar-refractivity contribution in [2.24, 2.45) is 11.8 Å². The van der Waals surface area contributed by atoms with Gasteiger partial charge in [-0.25, -0.2) is 4.39 Å². The molecule has 1 aliphatic heterocycles. The fourth-order valence-electron chi connectivity index (χ4n) is 4.61. The van der Waals surface area contributed by atoms with Crippen LogP contribution in [-0.4, -0.2) is 48.3 Å². The predicted molar refractivity (Wildman–Crippen MR) is 107 cm³/mol. The van der Waals surface area contributed by atoms with Crippen molar-refractivity contribution >= 4 is 5.91 Å². The maximum atomic E-state index is 13.1. The van der Waals surface area contributed by atoms with E-state index in [0.29, 0.717) is 43.0 Å². The number of ether oxygens (including phenoxy) is 2. The Kier molecular flexibility index (Phi) is 5.46. The third-order valence-electron chi connectivity index (χ3n) is 6.21. The third kappa shape index (κ3) is 3.94. The Morgan fingerprint density at radius 2 is 1.79 bits per heavy atom. The highest BCUT2D eigenvalue weighted by Crippen LogP contribution is 2.39. The molecule has 2 aromatic rings. The van der Waals surface area contributed by atoms with E-state index in [0.717, 1.165) is 5.56 Å². The zero-order chi connectivity index (χ0) is 20.5. The summed E-state index contributed by atoms with van der Waals surface area (Å²) >= 11 is 0. The van der Waals surface area contributed by atoms with Gasteiger partial charge in [-0.3, -0.25) is 4.79 Å².